The van der Waals surface area contributed by atoms with Crippen LogP contribution in [0.15, 0.2) is 71.5 Å². The lowest BCUT2D eigenvalue weighted by Gasteiger charge is -2.35. The molecule has 0 radical (unpaired) electrons. The first-order valence-corrected chi connectivity index (χ1v) is 8.41. The summed E-state index contributed by atoms with van der Waals surface area (Å²) in [6, 6.07) is 19.9. The SMILES string of the molecule is O=C(c1ocnc1-c1ccccc1)N1CCN(c2ccccc2)CC1. The zero-order valence-corrected chi connectivity index (χ0v) is 13.8. The fourth-order valence-corrected chi connectivity index (χ4v) is 3.15. The van der Waals surface area contributed by atoms with E-state index in [0.717, 1.165) is 18.7 Å². The molecule has 0 aliphatic carbocycles. The lowest BCUT2D eigenvalue weighted by atomic mass is 10.1. The fourth-order valence-electron chi connectivity index (χ4n) is 3.15. The van der Waals surface area contributed by atoms with Crippen molar-refractivity contribution >= 4 is 11.6 Å². The predicted octanol–water partition coefficient (Wildman–Crippen LogP) is 3.30. The Balaban J connectivity index is 1.48. The minimum atomic E-state index is -0.0935. The number of benzene rings is 2. The summed E-state index contributed by atoms with van der Waals surface area (Å²) in [5, 5.41) is 0. The molecule has 4 rings (SSSR count). The number of para-hydroxylation sites is 1. The molecule has 1 fully saturated rings. The predicted molar refractivity (Wildman–Crippen MR) is 96.5 cm³/mol. The van der Waals surface area contributed by atoms with Gasteiger partial charge in [-0.2, -0.15) is 0 Å². The number of amides is 1. The molecule has 0 spiro atoms. The first-order chi connectivity index (χ1) is 12.3. The quantitative estimate of drug-likeness (QED) is 0.738. The van der Waals surface area contributed by atoms with Gasteiger partial charge in [0, 0.05) is 37.4 Å². The number of nitrogens with zero attached hydrogens (tertiary/aromatic N) is 3. The van der Waals surface area contributed by atoms with Crippen LogP contribution in [0.4, 0.5) is 5.69 Å². The summed E-state index contributed by atoms with van der Waals surface area (Å²) < 4.78 is 5.43. The Hall–Kier alpha value is -3.08. The molecule has 2 aromatic carbocycles. The monoisotopic (exact) mass is 333 g/mol. The van der Waals surface area contributed by atoms with Crippen LogP contribution in [0.25, 0.3) is 11.3 Å². The van der Waals surface area contributed by atoms with E-state index in [9.17, 15) is 4.79 Å². The van der Waals surface area contributed by atoms with E-state index in [1.807, 2.05) is 53.4 Å². The first kappa shape index (κ1) is 15.4. The highest BCUT2D eigenvalue weighted by Gasteiger charge is 2.27. The Morgan fingerprint density at radius 3 is 2.20 bits per heavy atom. The third kappa shape index (κ3) is 3.13. The zero-order chi connectivity index (χ0) is 17.1. The summed E-state index contributed by atoms with van der Waals surface area (Å²) in [4.78, 5) is 21.2. The van der Waals surface area contributed by atoms with Crippen molar-refractivity contribution in [2.45, 2.75) is 0 Å². The zero-order valence-electron chi connectivity index (χ0n) is 13.8. The van der Waals surface area contributed by atoms with Crippen molar-refractivity contribution in [3.8, 4) is 11.3 Å². The number of hydrogen-bond donors (Lipinski definition) is 0. The number of piperazine rings is 1. The van der Waals surface area contributed by atoms with E-state index in [1.54, 1.807) is 0 Å². The van der Waals surface area contributed by atoms with E-state index in [4.69, 9.17) is 4.42 Å². The normalized spacial score (nSPS) is 14.6. The Morgan fingerprint density at radius 1 is 0.880 bits per heavy atom. The van der Waals surface area contributed by atoms with Crippen LogP contribution in [0.5, 0.6) is 0 Å². The Kier molecular flexibility index (Phi) is 4.21. The van der Waals surface area contributed by atoms with Crippen LogP contribution in [-0.2, 0) is 0 Å². The molecular weight excluding hydrogens is 314 g/mol. The molecule has 0 bridgehead atoms. The molecule has 2 heterocycles. The smallest absolute Gasteiger partial charge is 0.292 e. The largest absolute Gasteiger partial charge is 0.438 e. The van der Waals surface area contributed by atoms with E-state index in [0.29, 0.717) is 24.5 Å². The van der Waals surface area contributed by atoms with Crippen LogP contribution in [0, 0.1) is 0 Å². The summed E-state index contributed by atoms with van der Waals surface area (Å²) in [7, 11) is 0. The van der Waals surface area contributed by atoms with E-state index < -0.39 is 0 Å². The van der Waals surface area contributed by atoms with Gasteiger partial charge in [0.2, 0.25) is 5.76 Å². The molecule has 1 aliphatic heterocycles. The molecule has 126 valence electrons. The molecule has 1 aliphatic rings. The summed E-state index contributed by atoms with van der Waals surface area (Å²) in [6.45, 7) is 2.96. The van der Waals surface area contributed by atoms with Gasteiger partial charge in [0.25, 0.3) is 5.91 Å². The third-order valence-electron chi connectivity index (χ3n) is 4.50. The maximum absolute atomic E-state index is 12.9. The van der Waals surface area contributed by atoms with Gasteiger partial charge >= 0.3 is 0 Å². The van der Waals surface area contributed by atoms with Gasteiger partial charge in [-0.05, 0) is 12.1 Å². The summed E-state index contributed by atoms with van der Waals surface area (Å²) >= 11 is 0. The number of anilines is 1. The van der Waals surface area contributed by atoms with Crippen LogP contribution in [-0.4, -0.2) is 42.0 Å². The lowest BCUT2D eigenvalue weighted by molar-refractivity contribution is 0.0716. The minimum absolute atomic E-state index is 0.0935. The van der Waals surface area contributed by atoms with Crippen LogP contribution in [0.2, 0.25) is 0 Å². The van der Waals surface area contributed by atoms with Crippen molar-refractivity contribution in [2.75, 3.05) is 31.1 Å². The summed E-state index contributed by atoms with van der Waals surface area (Å²) in [5.41, 5.74) is 2.69. The Bertz CT molecular complexity index is 838. The highest BCUT2D eigenvalue weighted by molar-refractivity contribution is 5.97. The molecule has 0 unspecified atom stereocenters. The Labute approximate surface area is 146 Å². The van der Waals surface area contributed by atoms with Gasteiger partial charge in [0.1, 0.15) is 5.69 Å². The van der Waals surface area contributed by atoms with Crippen molar-refractivity contribution in [1.29, 1.82) is 0 Å². The maximum atomic E-state index is 12.9. The van der Waals surface area contributed by atoms with Crippen molar-refractivity contribution < 1.29 is 9.21 Å². The first-order valence-electron chi connectivity index (χ1n) is 8.41. The van der Waals surface area contributed by atoms with Crippen LogP contribution >= 0.6 is 0 Å². The maximum Gasteiger partial charge on any atom is 0.292 e. The number of aromatic nitrogens is 1. The molecule has 3 aromatic rings. The average molecular weight is 333 g/mol. The van der Waals surface area contributed by atoms with Gasteiger partial charge in [0.05, 0.1) is 0 Å². The van der Waals surface area contributed by atoms with E-state index in [-0.39, 0.29) is 5.91 Å². The molecule has 25 heavy (non-hydrogen) atoms. The third-order valence-corrected chi connectivity index (χ3v) is 4.50. The molecule has 5 heteroatoms. The van der Waals surface area contributed by atoms with Crippen molar-refractivity contribution in [3.05, 3.63) is 72.8 Å². The highest BCUT2D eigenvalue weighted by Crippen LogP contribution is 2.24. The van der Waals surface area contributed by atoms with E-state index >= 15 is 0 Å². The number of carbonyl (C=O) groups excluding carboxylic acids is 1. The van der Waals surface area contributed by atoms with Crippen molar-refractivity contribution in [1.82, 2.24) is 9.88 Å². The molecular formula is C20H19N3O2. The molecule has 0 N–H and O–H groups in total. The molecule has 0 saturated carbocycles. The highest BCUT2D eigenvalue weighted by atomic mass is 16.3. The standard InChI is InChI=1S/C20H19N3O2/c24-20(19-18(21-15-25-19)16-7-3-1-4-8-16)23-13-11-22(12-14-23)17-9-5-2-6-10-17/h1-10,15H,11-14H2. The van der Waals surface area contributed by atoms with Gasteiger partial charge < -0.3 is 14.2 Å². The minimum Gasteiger partial charge on any atom is -0.438 e. The molecule has 5 nitrogen and oxygen atoms in total. The lowest BCUT2D eigenvalue weighted by Crippen LogP contribution is -2.48. The topological polar surface area (TPSA) is 49.6 Å². The van der Waals surface area contributed by atoms with Gasteiger partial charge in [-0.3, -0.25) is 4.79 Å². The fraction of sp³-hybridized carbons (Fsp3) is 0.200. The Morgan fingerprint density at radius 2 is 1.52 bits per heavy atom. The number of hydrogen-bond acceptors (Lipinski definition) is 4. The van der Waals surface area contributed by atoms with E-state index in [2.05, 4.69) is 22.0 Å². The molecule has 1 saturated heterocycles. The van der Waals surface area contributed by atoms with Crippen molar-refractivity contribution in [2.24, 2.45) is 0 Å². The molecule has 0 atom stereocenters. The number of oxazole rings is 1. The van der Waals surface area contributed by atoms with Crippen LogP contribution in [0.3, 0.4) is 0 Å². The van der Waals surface area contributed by atoms with Crippen LogP contribution in [0.1, 0.15) is 10.6 Å². The average Bonchev–Trinajstić information content (AvgIpc) is 3.19. The van der Waals surface area contributed by atoms with Gasteiger partial charge in [-0.25, -0.2) is 4.98 Å². The molecule has 1 aromatic heterocycles. The second-order valence-corrected chi connectivity index (χ2v) is 6.01. The molecule has 1 amide bonds. The second kappa shape index (κ2) is 6.81. The van der Waals surface area contributed by atoms with E-state index in [1.165, 1.54) is 12.1 Å². The summed E-state index contributed by atoms with van der Waals surface area (Å²) in [5.74, 6) is 0.225. The van der Waals surface area contributed by atoms with Gasteiger partial charge in [-0.15, -0.1) is 0 Å². The van der Waals surface area contributed by atoms with Crippen molar-refractivity contribution in [3.63, 3.8) is 0 Å². The van der Waals surface area contributed by atoms with Crippen LogP contribution < -0.4 is 4.90 Å². The number of carbonyl (C=O) groups is 1. The summed E-state index contributed by atoms with van der Waals surface area (Å²) in [6.07, 6.45) is 1.34. The van der Waals surface area contributed by atoms with Gasteiger partial charge in [0.15, 0.2) is 6.39 Å². The van der Waals surface area contributed by atoms with Gasteiger partial charge in [-0.1, -0.05) is 48.5 Å². The second-order valence-electron chi connectivity index (χ2n) is 6.01. The number of rotatable bonds is 3.